The quantitative estimate of drug-likeness (QED) is 0.602. The summed E-state index contributed by atoms with van der Waals surface area (Å²) in [7, 11) is 0. The highest BCUT2D eigenvalue weighted by molar-refractivity contribution is 7.99. The standard InChI is InChI=1S/C17H24N2S/c1-3-13(2)20-12-16(19-18)11-15-9-6-8-14-7-4-5-10-17(14)15/h4-10,13,16,19H,3,11-12,18H2,1-2H3. The molecule has 20 heavy (non-hydrogen) atoms. The Balaban J connectivity index is 2.09. The first-order valence-electron chi connectivity index (χ1n) is 7.29. The van der Waals surface area contributed by atoms with Gasteiger partial charge in [-0.05, 0) is 29.2 Å². The van der Waals surface area contributed by atoms with Crippen molar-refractivity contribution in [3.05, 3.63) is 48.0 Å². The number of hydrazine groups is 1. The number of benzene rings is 2. The molecule has 0 heterocycles. The molecule has 2 rings (SSSR count). The van der Waals surface area contributed by atoms with Crippen LogP contribution in [0.3, 0.4) is 0 Å². The third-order valence-electron chi connectivity index (χ3n) is 3.74. The molecule has 0 amide bonds. The van der Waals surface area contributed by atoms with Crippen LogP contribution < -0.4 is 11.3 Å². The van der Waals surface area contributed by atoms with Crippen molar-refractivity contribution in [2.45, 2.75) is 38.0 Å². The van der Waals surface area contributed by atoms with Crippen LogP contribution in [0.5, 0.6) is 0 Å². The molecule has 0 aliphatic carbocycles. The van der Waals surface area contributed by atoms with Crippen LogP contribution >= 0.6 is 11.8 Å². The van der Waals surface area contributed by atoms with Gasteiger partial charge in [-0.25, -0.2) is 0 Å². The minimum absolute atomic E-state index is 0.319. The van der Waals surface area contributed by atoms with E-state index in [-0.39, 0.29) is 0 Å². The van der Waals surface area contributed by atoms with Gasteiger partial charge in [-0.1, -0.05) is 56.3 Å². The summed E-state index contributed by atoms with van der Waals surface area (Å²) < 4.78 is 0. The maximum absolute atomic E-state index is 5.73. The van der Waals surface area contributed by atoms with Crippen LogP contribution in [0.25, 0.3) is 10.8 Å². The van der Waals surface area contributed by atoms with Gasteiger partial charge in [0.25, 0.3) is 0 Å². The monoisotopic (exact) mass is 288 g/mol. The number of fused-ring (bicyclic) bond motifs is 1. The fourth-order valence-corrected chi connectivity index (χ4v) is 3.31. The normalized spacial score (nSPS) is 14.3. The topological polar surface area (TPSA) is 38.0 Å². The van der Waals surface area contributed by atoms with Crippen LogP contribution in [0.15, 0.2) is 42.5 Å². The largest absolute Gasteiger partial charge is 0.271 e. The molecule has 2 nitrogen and oxygen atoms in total. The molecule has 0 saturated heterocycles. The van der Waals surface area contributed by atoms with Gasteiger partial charge >= 0.3 is 0 Å². The van der Waals surface area contributed by atoms with Gasteiger partial charge in [-0.15, -0.1) is 0 Å². The third kappa shape index (κ3) is 3.98. The lowest BCUT2D eigenvalue weighted by Crippen LogP contribution is -2.39. The second-order valence-corrected chi connectivity index (χ2v) is 6.73. The third-order valence-corrected chi connectivity index (χ3v) is 5.24. The summed E-state index contributed by atoms with van der Waals surface area (Å²) in [5.74, 6) is 6.78. The Hall–Kier alpha value is -1.03. The Kier molecular flexibility index (Phi) is 5.89. The number of thioether (sulfide) groups is 1. The number of hydrogen-bond donors (Lipinski definition) is 2. The Labute approximate surface area is 126 Å². The Morgan fingerprint density at radius 1 is 1.15 bits per heavy atom. The average Bonchev–Trinajstić information content (AvgIpc) is 2.51. The maximum atomic E-state index is 5.73. The molecule has 0 spiro atoms. The zero-order valence-electron chi connectivity index (χ0n) is 12.3. The van der Waals surface area contributed by atoms with E-state index in [1.54, 1.807) is 0 Å². The zero-order valence-corrected chi connectivity index (χ0v) is 13.1. The van der Waals surface area contributed by atoms with E-state index in [4.69, 9.17) is 5.84 Å². The van der Waals surface area contributed by atoms with Gasteiger partial charge in [-0.3, -0.25) is 11.3 Å². The zero-order chi connectivity index (χ0) is 14.4. The average molecular weight is 288 g/mol. The molecular formula is C17H24N2S. The van der Waals surface area contributed by atoms with E-state index in [0.29, 0.717) is 11.3 Å². The summed E-state index contributed by atoms with van der Waals surface area (Å²) in [6.07, 6.45) is 2.18. The van der Waals surface area contributed by atoms with E-state index in [9.17, 15) is 0 Å². The molecule has 0 aromatic heterocycles. The maximum Gasteiger partial charge on any atom is 0.0341 e. The first-order valence-corrected chi connectivity index (χ1v) is 8.33. The summed E-state index contributed by atoms with van der Waals surface area (Å²) in [6.45, 7) is 4.50. The van der Waals surface area contributed by atoms with Crippen LogP contribution in [-0.2, 0) is 6.42 Å². The van der Waals surface area contributed by atoms with Crippen molar-refractivity contribution in [1.29, 1.82) is 0 Å². The molecule has 108 valence electrons. The summed E-state index contributed by atoms with van der Waals surface area (Å²) in [6, 6.07) is 15.4. The van der Waals surface area contributed by atoms with Gasteiger partial charge in [-0.2, -0.15) is 11.8 Å². The van der Waals surface area contributed by atoms with E-state index in [1.807, 2.05) is 11.8 Å². The number of nitrogens with two attached hydrogens (primary N) is 1. The Bertz CT molecular complexity index is 536. The van der Waals surface area contributed by atoms with Gasteiger partial charge in [0, 0.05) is 17.0 Å². The van der Waals surface area contributed by atoms with Gasteiger partial charge in [0.1, 0.15) is 0 Å². The lowest BCUT2D eigenvalue weighted by molar-refractivity contribution is 0.576. The minimum Gasteiger partial charge on any atom is -0.271 e. The minimum atomic E-state index is 0.319. The van der Waals surface area contributed by atoms with E-state index in [0.717, 1.165) is 12.2 Å². The SMILES string of the molecule is CCC(C)SCC(Cc1cccc2ccccc12)NN. The molecule has 0 fully saturated rings. The van der Waals surface area contributed by atoms with Crippen LogP contribution in [0.2, 0.25) is 0 Å². The molecule has 3 heteroatoms. The number of rotatable bonds is 7. The first kappa shape index (κ1) is 15.4. The molecule has 2 unspecified atom stereocenters. The Morgan fingerprint density at radius 2 is 1.90 bits per heavy atom. The smallest absolute Gasteiger partial charge is 0.0341 e. The molecular weight excluding hydrogens is 264 g/mol. The fourth-order valence-electron chi connectivity index (χ4n) is 2.30. The molecule has 0 bridgehead atoms. The van der Waals surface area contributed by atoms with Crippen LogP contribution in [0.4, 0.5) is 0 Å². The van der Waals surface area contributed by atoms with E-state index >= 15 is 0 Å². The second-order valence-electron chi connectivity index (χ2n) is 5.26. The molecule has 3 N–H and O–H groups in total. The molecule has 2 atom stereocenters. The summed E-state index contributed by atoms with van der Waals surface area (Å²) in [5.41, 5.74) is 4.34. The van der Waals surface area contributed by atoms with Crippen LogP contribution in [0, 0.1) is 0 Å². The fraction of sp³-hybridized carbons (Fsp3) is 0.412. The number of hydrogen-bond acceptors (Lipinski definition) is 3. The summed E-state index contributed by atoms with van der Waals surface area (Å²) in [5, 5.41) is 3.33. The summed E-state index contributed by atoms with van der Waals surface area (Å²) >= 11 is 1.99. The van der Waals surface area contributed by atoms with Crippen LogP contribution in [-0.4, -0.2) is 17.0 Å². The van der Waals surface area contributed by atoms with Gasteiger partial charge in [0.15, 0.2) is 0 Å². The highest BCUT2D eigenvalue weighted by Gasteiger charge is 2.11. The van der Waals surface area contributed by atoms with E-state index in [2.05, 4.69) is 61.7 Å². The lowest BCUT2D eigenvalue weighted by Gasteiger charge is -2.18. The van der Waals surface area contributed by atoms with Crippen LogP contribution in [0.1, 0.15) is 25.8 Å². The van der Waals surface area contributed by atoms with Crippen molar-refractivity contribution in [1.82, 2.24) is 5.43 Å². The molecule has 0 aliphatic rings. The van der Waals surface area contributed by atoms with Crippen molar-refractivity contribution in [2.75, 3.05) is 5.75 Å². The first-order chi connectivity index (χ1) is 9.74. The molecule has 2 aromatic carbocycles. The predicted octanol–water partition coefficient (Wildman–Crippen LogP) is 3.75. The van der Waals surface area contributed by atoms with E-state index < -0.39 is 0 Å². The van der Waals surface area contributed by atoms with Crippen molar-refractivity contribution in [2.24, 2.45) is 5.84 Å². The molecule has 2 aromatic rings. The lowest BCUT2D eigenvalue weighted by atomic mass is 10.00. The van der Waals surface area contributed by atoms with Crippen molar-refractivity contribution < 1.29 is 0 Å². The molecule has 0 radical (unpaired) electrons. The Morgan fingerprint density at radius 3 is 2.65 bits per heavy atom. The summed E-state index contributed by atoms with van der Waals surface area (Å²) in [4.78, 5) is 0. The van der Waals surface area contributed by atoms with Gasteiger partial charge in [0.05, 0.1) is 0 Å². The van der Waals surface area contributed by atoms with Crippen molar-refractivity contribution in [3.8, 4) is 0 Å². The van der Waals surface area contributed by atoms with E-state index in [1.165, 1.54) is 22.8 Å². The molecule has 0 saturated carbocycles. The van der Waals surface area contributed by atoms with Crippen molar-refractivity contribution >= 4 is 22.5 Å². The number of nitrogens with one attached hydrogen (secondary N) is 1. The van der Waals surface area contributed by atoms with Gasteiger partial charge < -0.3 is 0 Å². The predicted molar refractivity (Wildman–Crippen MR) is 91.0 cm³/mol. The highest BCUT2D eigenvalue weighted by atomic mass is 32.2. The highest BCUT2D eigenvalue weighted by Crippen LogP contribution is 2.21. The van der Waals surface area contributed by atoms with Crippen molar-refractivity contribution in [3.63, 3.8) is 0 Å². The van der Waals surface area contributed by atoms with Gasteiger partial charge in [0.2, 0.25) is 0 Å². The molecule has 0 aliphatic heterocycles. The second kappa shape index (κ2) is 7.67.